The number of ether oxygens (including phenoxy) is 2. The third-order valence-electron chi connectivity index (χ3n) is 0.333. The molecule has 0 aromatic carbocycles. The van der Waals surface area contributed by atoms with Gasteiger partial charge in [-0.1, -0.05) is 0 Å². The van der Waals surface area contributed by atoms with Crippen LogP contribution in [0.3, 0.4) is 0 Å². The van der Waals surface area contributed by atoms with Gasteiger partial charge < -0.3 is 9.47 Å². The standard InChI is InChI=1S/C4H8NO2/c1-6-3-5-4-7-2/h3-4H,1-2H3/q+1. The van der Waals surface area contributed by atoms with E-state index in [-0.39, 0.29) is 0 Å². The van der Waals surface area contributed by atoms with Crippen molar-refractivity contribution in [2.75, 3.05) is 14.2 Å². The van der Waals surface area contributed by atoms with Gasteiger partial charge in [-0.15, -0.1) is 0 Å². The molecule has 0 aliphatic carbocycles. The lowest BCUT2D eigenvalue weighted by molar-refractivity contribution is 0.410. The summed E-state index contributed by atoms with van der Waals surface area (Å²) in [4.78, 5) is 0. The summed E-state index contributed by atoms with van der Waals surface area (Å²) in [5.74, 6) is 0. The minimum atomic E-state index is 1.28. The van der Waals surface area contributed by atoms with E-state index in [2.05, 4.69) is 14.1 Å². The van der Waals surface area contributed by atoms with Gasteiger partial charge in [0.05, 0.1) is 14.2 Å². The zero-order valence-corrected chi connectivity index (χ0v) is 4.42. The van der Waals surface area contributed by atoms with Crippen molar-refractivity contribution < 1.29 is 9.47 Å². The minimum absolute atomic E-state index is 1.28. The predicted octanol–water partition coefficient (Wildman–Crippen LogP) is -0.597. The average molecular weight is 102 g/mol. The predicted molar refractivity (Wildman–Crippen MR) is 28.3 cm³/mol. The molecular formula is C4H8NO2+. The number of nitrogens with zero attached hydrogens (tertiary/aromatic N) is 1. The molecule has 0 bridgehead atoms. The van der Waals surface area contributed by atoms with Crippen LogP contribution in [0.1, 0.15) is 0 Å². The molecule has 0 amide bonds. The van der Waals surface area contributed by atoms with Crippen LogP contribution in [-0.4, -0.2) is 27.0 Å². The summed E-state index contributed by atoms with van der Waals surface area (Å²) in [5, 5.41) is 0. The zero-order valence-electron chi connectivity index (χ0n) is 4.42. The first-order valence-corrected chi connectivity index (χ1v) is 1.80. The van der Waals surface area contributed by atoms with Crippen LogP contribution in [-0.2, 0) is 9.47 Å². The lowest BCUT2D eigenvalue weighted by atomic mass is 11.3. The number of hydrogen-bond donors (Lipinski definition) is 0. The normalized spacial score (nSPS) is 6.00. The van der Waals surface area contributed by atoms with E-state index in [1.165, 1.54) is 27.0 Å². The summed E-state index contributed by atoms with van der Waals surface area (Å²) in [6.07, 6.45) is 2.56. The second-order valence-electron chi connectivity index (χ2n) is 0.831. The Balaban J connectivity index is 3.21. The molecule has 0 aliphatic heterocycles. The molecule has 0 aliphatic rings. The fourth-order valence-corrected chi connectivity index (χ4v) is 0.147. The molecule has 40 valence electrons. The van der Waals surface area contributed by atoms with Gasteiger partial charge in [-0.05, 0) is 4.67 Å². The fourth-order valence-electron chi connectivity index (χ4n) is 0.147. The molecule has 0 saturated heterocycles. The molecule has 3 heteroatoms. The van der Waals surface area contributed by atoms with Crippen molar-refractivity contribution in [3.63, 3.8) is 0 Å². The van der Waals surface area contributed by atoms with E-state index in [1.807, 2.05) is 0 Å². The Morgan fingerprint density at radius 3 is 1.86 bits per heavy atom. The van der Waals surface area contributed by atoms with Crippen molar-refractivity contribution in [3.8, 4) is 0 Å². The highest BCUT2D eigenvalue weighted by Crippen LogP contribution is 1.42. The molecule has 0 unspecified atom stereocenters. The fraction of sp³-hybridized carbons (Fsp3) is 0.500. The van der Waals surface area contributed by atoms with Crippen LogP contribution in [0.5, 0.6) is 0 Å². The number of rotatable bonds is 2. The first-order valence-electron chi connectivity index (χ1n) is 1.80. The van der Waals surface area contributed by atoms with Crippen LogP contribution in [0, 0.1) is 0 Å². The second-order valence-corrected chi connectivity index (χ2v) is 0.831. The SMILES string of the molecule is COC=[N+]=COC. The quantitative estimate of drug-likeness (QED) is 0.265. The molecule has 0 fully saturated rings. The van der Waals surface area contributed by atoms with Crippen molar-refractivity contribution in [1.29, 1.82) is 0 Å². The summed E-state index contributed by atoms with van der Waals surface area (Å²) < 4.78 is 12.4. The second kappa shape index (κ2) is 5.05. The summed E-state index contributed by atoms with van der Waals surface area (Å²) in [5.41, 5.74) is 0. The van der Waals surface area contributed by atoms with Gasteiger partial charge >= 0.3 is 12.8 Å². The van der Waals surface area contributed by atoms with Crippen LogP contribution in [0.15, 0.2) is 0 Å². The highest BCUT2D eigenvalue weighted by Gasteiger charge is 1.70. The minimum Gasteiger partial charge on any atom is -0.441 e. The molecule has 7 heavy (non-hydrogen) atoms. The van der Waals surface area contributed by atoms with Crippen LogP contribution in [0.4, 0.5) is 0 Å². The van der Waals surface area contributed by atoms with E-state index in [4.69, 9.17) is 0 Å². The number of methoxy groups -OCH3 is 2. The Morgan fingerprint density at radius 2 is 1.57 bits per heavy atom. The molecule has 0 rings (SSSR count). The zero-order chi connectivity index (χ0) is 5.54. The van der Waals surface area contributed by atoms with E-state index in [1.54, 1.807) is 0 Å². The maximum atomic E-state index is 4.44. The van der Waals surface area contributed by atoms with Crippen LogP contribution in [0.2, 0.25) is 0 Å². The molecule has 0 aromatic heterocycles. The van der Waals surface area contributed by atoms with Gasteiger partial charge in [0.25, 0.3) is 0 Å². The molecule has 0 atom stereocenters. The van der Waals surface area contributed by atoms with E-state index in [9.17, 15) is 0 Å². The summed E-state index contributed by atoms with van der Waals surface area (Å²) in [6.45, 7) is 0. The van der Waals surface area contributed by atoms with Gasteiger partial charge in [0.1, 0.15) is 0 Å². The highest BCUT2D eigenvalue weighted by atomic mass is 16.5. The Morgan fingerprint density at radius 1 is 1.14 bits per heavy atom. The molecule has 3 nitrogen and oxygen atoms in total. The Kier molecular flexibility index (Phi) is 4.36. The van der Waals surface area contributed by atoms with Crippen LogP contribution < -0.4 is 4.67 Å². The van der Waals surface area contributed by atoms with E-state index < -0.39 is 0 Å². The maximum absolute atomic E-state index is 4.44. The van der Waals surface area contributed by atoms with Gasteiger partial charge in [-0.2, -0.15) is 0 Å². The van der Waals surface area contributed by atoms with Crippen molar-refractivity contribution in [2.45, 2.75) is 0 Å². The average Bonchev–Trinajstić information content (AvgIpc) is 1.69. The van der Waals surface area contributed by atoms with Gasteiger partial charge in [-0.25, -0.2) is 0 Å². The first kappa shape index (κ1) is 6.05. The molecule has 0 saturated carbocycles. The first-order chi connectivity index (χ1) is 3.41. The van der Waals surface area contributed by atoms with Crippen molar-refractivity contribution >= 4 is 12.8 Å². The largest absolute Gasteiger partial charge is 0.454 e. The van der Waals surface area contributed by atoms with Crippen molar-refractivity contribution in [3.05, 3.63) is 0 Å². The third-order valence-corrected chi connectivity index (χ3v) is 0.333. The summed E-state index contributed by atoms with van der Waals surface area (Å²) >= 11 is 0. The van der Waals surface area contributed by atoms with Crippen molar-refractivity contribution in [2.24, 2.45) is 0 Å². The molecule has 0 spiro atoms. The highest BCUT2D eigenvalue weighted by molar-refractivity contribution is 5.55. The molecule has 0 aromatic rings. The molecular weight excluding hydrogens is 94.0 g/mol. The van der Waals surface area contributed by atoms with Gasteiger partial charge in [0, 0.05) is 0 Å². The summed E-state index contributed by atoms with van der Waals surface area (Å²) in [6, 6.07) is 0. The van der Waals surface area contributed by atoms with Crippen molar-refractivity contribution in [1.82, 2.24) is 4.67 Å². The Labute approximate surface area is 42.3 Å². The Hall–Kier alpha value is -0.950. The van der Waals surface area contributed by atoms with Crippen LogP contribution in [0.25, 0.3) is 0 Å². The molecule has 0 heterocycles. The lowest BCUT2D eigenvalue weighted by Crippen LogP contribution is -1.85. The number of hydrogen-bond acceptors (Lipinski definition) is 2. The Bertz CT molecular complexity index is 75.7. The van der Waals surface area contributed by atoms with E-state index in [0.29, 0.717) is 0 Å². The lowest BCUT2D eigenvalue weighted by Gasteiger charge is -1.67. The molecule has 0 radical (unpaired) electrons. The topological polar surface area (TPSA) is 32.6 Å². The maximum Gasteiger partial charge on any atom is 0.454 e. The van der Waals surface area contributed by atoms with E-state index >= 15 is 0 Å². The monoisotopic (exact) mass is 102 g/mol. The molecule has 0 N–H and O–H groups in total. The smallest absolute Gasteiger partial charge is 0.441 e. The third kappa shape index (κ3) is 5.05. The van der Waals surface area contributed by atoms with Gasteiger partial charge in [0.15, 0.2) is 0 Å². The van der Waals surface area contributed by atoms with Gasteiger partial charge in [-0.3, -0.25) is 0 Å². The summed E-state index contributed by atoms with van der Waals surface area (Å²) in [7, 11) is 3.04. The van der Waals surface area contributed by atoms with Crippen LogP contribution >= 0.6 is 0 Å². The van der Waals surface area contributed by atoms with Gasteiger partial charge in [0.2, 0.25) is 0 Å². The van der Waals surface area contributed by atoms with E-state index in [0.717, 1.165) is 0 Å².